The standard InChI is InChI=1S/C20H20N2O3S/c1-24-15-7-4-6-14(12-15)19(23)22(13-16-8-5-11-25-16)20-21-17-9-2-3-10-18(17)26-20/h2-4,6-7,9-10,12,16H,5,8,11,13H2,1H3/t16-/m0/s1. The Kier molecular flexibility index (Phi) is 4.86. The molecule has 0 aliphatic carbocycles. The van der Waals surface area contributed by atoms with Crippen LogP contribution < -0.4 is 9.64 Å². The van der Waals surface area contributed by atoms with Crippen LogP contribution in [-0.2, 0) is 4.74 Å². The topological polar surface area (TPSA) is 51.7 Å². The molecular weight excluding hydrogens is 348 g/mol. The molecule has 0 unspecified atom stereocenters. The molecule has 1 amide bonds. The summed E-state index contributed by atoms with van der Waals surface area (Å²) in [5, 5.41) is 0.703. The molecular formula is C20H20N2O3S. The predicted octanol–water partition coefficient (Wildman–Crippen LogP) is 4.13. The molecule has 6 heteroatoms. The maximum absolute atomic E-state index is 13.3. The second-order valence-corrected chi connectivity index (χ2v) is 7.26. The van der Waals surface area contributed by atoms with E-state index in [1.54, 1.807) is 24.1 Å². The number of benzene rings is 2. The van der Waals surface area contributed by atoms with E-state index in [1.165, 1.54) is 11.3 Å². The summed E-state index contributed by atoms with van der Waals surface area (Å²) in [7, 11) is 1.60. The van der Waals surface area contributed by atoms with Gasteiger partial charge >= 0.3 is 0 Å². The fourth-order valence-corrected chi connectivity index (χ4v) is 4.10. The van der Waals surface area contributed by atoms with Gasteiger partial charge < -0.3 is 9.47 Å². The SMILES string of the molecule is COc1cccc(C(=O)N(C[C@@H]2CCCO2)c2nc3ccccc3s2)c1. The Morgan fingerprint density at radius 1 is 1.31 bits per heavy atom. The zero-order chi connectivity index (χ0) is 17.9. The van der Waals surface area contributed by atoms with Crippen molar-refractivity contribution >= 4 is 32.6 Å². The van der Waals surface area contributed by atoms with Crippen molar-refractivity contribution in [2.24, 2.45) is 0 Å². The Bertz CT molecular complexity index is 885. The van der Waals surface area contributed by atoms with Crippen molar-refractivity contribution in [3.8, 4) is 5.75 Å². The summed E-state index contributed by atoms with van der Waals surface area (Å²) in [6.45, 7) is 1.27. The first-order valence-electron chi connectivity index (χ1n) is 8.67. The number of carbonyl (C=O) groups is 1. The zero-order valence-corrected chi connectivity index (χ0v) is 15.4. The van der Waals surface area contributed by atoms with Crippen LogP contribution in [0, 0.1) is 0 Å². The van der Waals surface area contributed by atoms with E-state index in [0.717, 1.165) is 29.7 Å². The molecule has 26 heavy (non-hydrogen) atoms. The maximum atomic E-state index is 13.3. The molecule has 2 aromatic carbocycles. The van der Waals surface area contributed by atoms with E-state index in [0.29, 0.717) is 23.0 Å². The van der Waals surface area contributed by atoms with Gasteiger partial charge in [0.05, 0.1) is 30.0 Å². The summed E-state index contributed by atoms with van der Waals surface area (Å²) in [5.41, 5.74) is 1.49. The van der Waals surface area contributed by atoms with E-state index in [4.69, 9.17) is 9.47 Å². The lowest BCUT2D eigenvalue weighted by atomic mass is 10.1. The molecule has 0 radical (unpaired) electrons. The number of methoxy groups -OCH3 is 1. The van der Waals surface area contributed by atoms with Gasteiger partial charge in [-0.15, -0.1) is 0 Å². The molecule has 1 aromatic heterocycles. The second-order valence-electron chi connectivity index (χ2n) is 6.25. The number of anilines is 1. The van der Waals surface area contributed by atoms with E-state index in [2.05, 4.69) is 4.98 Å². The number of carbonyl (C=O) groups excluding carboxylic acids is 1. The largest absolute Gasteiger partial charge is 0.497 e. The summed E-state index contributed by atoms with van der Waals surface area (Å²) in [4.78, 5) is 19.7. The monoisotopic (exact) mass is 368 g/mol. The molecule has 3 aromatic rings. The maximum Gasteiger partial charge on any atom is 0.260 e. The van der Waals surface area contributed by atoms with Crippen molar-refractivity contribution in [3.63, 3.8) is 0 Å². The van der Waals surface area contributed by atoms with Crippen LogP contribution in [0.1, 0.15) is 23.2 Å². The third kappa shape index (κ3) is 3.43. The Morgan fingerprint density at radius 3 is 2.96 bits per heavy atom. The molecule has 5 nitrogen and oxygen atoms in total. The van der Waals surface area contributed by atoms with Crippen molar-refractivity contribution in [1.29, 1.82) is 0 Å². The molecule has 4 rings (SSSR count). The van der Waals surface area contributed by atoms with E-state index in [9.17, 15) is 4.79 Å². The zero-order valence-electron chi connectivity index (χ0n) is 14.6. The molecule has 2 heterocycles. The van der Waals surface area contributed by atoms with Crippen LogP contribution in [-0.4, -0.2) is 37.3 Å². The van der Waals surface area contributed by atoms with E-state index >= 15 is 0 Å². The summed E-state index contributed by atoms with van der Waals surface area (Å²) >= 11 is 1.53. The number of ether oxygens (including phenoxy) is 2. The normalized spacial score (nSPS) is 16.7. The highest BCUT2D eigenvalue weighted by Gasteiger charge is 2.27. The van der Waals surface area contributed by atoms with Gasteiger partial charge in [0.1, 0.15) is 5.75 Å². The number of thiazole rings is 1. The average molecular weight is 368 g/mol. The van der Waals surface area contributed by atoms with E-state index < -0.39 is 0 Å². The van der Waals surface area contributed by atoms with E-state index in [1.807, 2.05) is 36.4 Å². The van der Waals surface area contributed by atoms with Crippen LogP contribution in [0.3, 0.4) is 0 Å². The van der Waals surface area contributed by atoms with Crippen LogP contribution in [0.2, 0.25) is 0 Å². The number of fused-ring (bicyclic) bond motifs is 1. The minimum absolute atomic E-state index is 0.0524. The van der Waals surface area contributed by atoms with Crippen molar-refractivity contribution in [1.82, 2.24) is 4.98 Å². The van der Waals surface area contributed by atoms with Gasteiger partial charge in [-0.25, -0.2) is 4.98 Å². The number of nitrogens with zero attached hydrogens (tertiary/aromatic N) is 2. The minimum atomic E-state index is -0.0848. The number of amides is 1. The summed E-state index contributed by atoms with van der Waals surface area (Å²) in [5.74, 6) is 0.579. The third-order valence-corrected chi connectivity index (χ3v) is 5.54. The van der Waals surface area contributed by atoms with Gasteiger partial charge in [-0.3, -0.25) is 9.69 Å². The quantitative estimate of drug-likeness (QED) is 0.679. The Labute approximate surface area is 156 Å². The number of hydrogen-bond donors (Lipinski definition) is 0. The number of hydrogen-bond acceptors (Lipinski definition) is 5. The Hall–Kier alpha value is -2.44. The van der Waals surface area contributed by atoms with Gasteiger partial charge in [0.15, 0.2) is 5.13 Å². The van der Waals surface area contributed by atoms with Gasteiger partial charge in [-0.2, -0.15) is 0 Å². The first kappa shape index (κ1) is 17.0. The number of aromatic nitrogens is 1. The van der Waals surface area contributed by atoms with Gasteiger partial charge in [-0.1, -0.05) is 29.5 Å². The Morgan fingerprint density at radius 2 is 2.19 bits per heavy atom. The average Bonchev–Trinajstić information content (AvgIpc) is 3.34. The molecule has 134 valence electrons. The fourth-order valence-electron chi connectivity index (χ4n) is 3.13. The lowest BCUT2D eigenvalue weighted by Gasteiger charge is -2.23. The highest BCUT2D eigenvalue weighted by Crippen LogP contribution is 2.31. The van der Waals surface area contributed by atoms with Crippen molar-refractivity contribution in [2.45, 2.75) is 18.9 Å². The van der Waals surface area contributed by atoms with Gasteiger partial charge in [0, 0.05) is 12.2 Å². The van der Waals surface area contributed by atoms with Crippen LogP contribution in [0.5, 0.6) is 5.75 Å². The highest BCUT2D eigenvalue weighted by atomic mass is 32.1. The first-order chi connectivity index (χ1) is 12.7. The van der Waals surface area contributed by atoms with Gasteiger partial charge in [0.2, 0.25) is 0 Å². The summed E-state index contributed by atoms with van der Waals surface area (Å²) < 4.78 is 12.1. The first-order valence-corrected chi connectivity index (χ1v) is 9.49. The fraction of sp³-hybridized carbons (Fsp3) is 0.300. The van der Waals surface area contributed by atoms with Crippen LogP contribution >= 0.6 is 11.3 Å². The second kappa shape index (κ2) is 7.43. The van der Waals surface area contributed by atoms with Crippen LogP contribution in [0.15, 0.2) is 48.5 Å². The summed E-state index contributed by atoms with van der Waals surface area (Å²) in [6, 6.07) is 15.2. The molecule has 0 saturated carbocycles. The molecule has 0 spiro atoms. The van der Waals surface area contributed by atoms with Crippen molar-refractivity contribution in [3.05, 3.63) is 54.1 Å². The molecule has 0 N–H and O–H groups in total. The molecule has 1 aliphatic heterocycles. The minimum Gasteiger partial charge on any atom is -0.497 e. The predicted molar refractivity (Wildman–Crippen MR) is 103 cm³/mol. The molecule has 1 fully saturated rings. The van der Waals surface area contributed by atoms with Gasteiger partial charge in [-0.05, 0) is 43.2 Å². The van der Waals surface area contributed by atoms with Crippen LogP contribution in [0.4, 0.5) is 5.13 Å². The molecule has 1 aliphatic rings. The summed E-state index contributed by atoms with van der Waals surface area (Å²) in [6.07, 6.45) is 2.05. The number of para-hydroxylation sites is 1. The third-order valence-electron chi connectivity index (χ3n) is 4.49. The van der Waals surface area contributed by atoms with Gasteiger partial charge in [0.25, 0.3) is 5.91 Å². The highest BCUT2D eigenvalue weighted by molar-refractivity contribution is 7.22. The number of rotatable bonds is 5. The van der Waals surface area contributed by atoms with Crippen LogP contribution in [0.25, 0.3) is 10.2 Å². The lowest BCUT2D eigenvalue weighted by molar-refractivity contribution is 0.0917. The molecule has 0 bridgehead atoms. The van der Waals surface area contributed by atoms with Crippen molar-refractivity contribution < 1.29 is 14.3 Å². The van der Waals surface area contributed by atoms with Crippen molar-refractivity contribution in [2.75, 3.05) is 25.2 Å². The molecule has 1 saturated heterocycles. The van der Waals surface area contributed by atoms with E-state index in [-0.39, 0.29) is 12.0 Å². The molecule has 1 atom stereocenters. The smallest absolute Gasteiger partial charge is 0.260 e. The lowest BCUT2D eigenvalue weighted by Crippen LogP contribution is -2.37. The Balaban J connectivity index is 1.70.